The van der Waals surface area contributed by atoms with Gasteiger partial charge in [-0.05, 0) is 38.9 Å². The van der Waals surface area contributed by atoms with Gasteiger partial charge in [0.25, 0.3) is 5.91 Å². The smallest absolute Gasteiger partial charge is 0.255 e. The molecule has 0 radical (unpaired) electrons. The maximum Gasteiger partial charge on any atom is 0.255 e. The van der Waals surface area contributed by atoms with E-state index in [4.69, 9.17) is 4.42 Å². The van der Waals surface area contributed by atoms with E-state index in [0.717, 1.165) is 38.1 Å². The van der Waals surface area contributed by atoms with Crippen LogP contribution in [0, 0.1) is 0 Å². The van der Waals surface area contributed by atoms with Gasteiger partial charge in [0.1, 0.15) is 5.76 Å². The van der Waals surface area contributed by atoms with Crippen molar-refractivity contribution in [1.29, 1.82) is 0 Å². The van der Waals surface area contributed by atoms with Gasteiger partial charge in [0.15, 0.2) is 0 Å². The largest absolute Gasteiger partial charge is 0.469 e. The topological polar surface area (TPSA) is 54.3 Å². The molecule has 1 fully saturated rings. The summed E-state index contributed by atoms with van der Waals surface area (Å²) < 4.78 is 5.28. The second-order valence-electron chi connectivity index (χ2n) is 4.88. The number of furan rings is 1. The fourth-order valence-electron chi connectivity index (χ4n) is 2.26. The van der Waals surface area contributed by atoms with Gasteiger partial charge in [-0.1, -0.05) is 6.92 Å². The van der Waals surface area contributed by atoms with E-state index in [-0.39, 0.29) is 11.4 Å². The second-order valence-corrected chi connectivity index (χ2v) is 4.88. The number of piperidine rings is 1. The Bertz CT molecular complexity index is 392. The van der Waals surface area contributed by atoms with Crippen LogP contribution in [0.2, 0.25) is 0 Å². The summed E-state index contributed by atoms with van der Waals surface area (Å²) in [6.45, 7) is 6.02. The molecule has 4 heteroatoms. The van der Waals surface area contributed by atoms with Crippen LogP contribution in [0.15, 0.2) is 16.7 Å². The molecule has 0 aromatic carbocycles. The molecule has 1 aliphatic rings. The molecule has 4 nitrogen and oxygen atoms in total. The van der Waals surface area contributed by atoms with E-state index in [1.165, 1.54) is 0 Å². The van der Waals surface area contributed by atoms with Gasteiger partial charge in [0, 0.05) is 12.0 Å². The molecule has 0 spiro atoms. The first-order chi connectivity index (χ1) is 8.14. The van der Waals surface area contributed by atoms with E-state index in [9.17, 15) is 4.79 Å². The summed E-state index contributed by atoms with van der Waals surface area (Å²) in [7, 11) is 0. The van der Waals surface area contributed by atoms with Crippen LogP contribution in [0.5, 0.6) is 0 Å². The molecule has 1 saturated heterocycles. The molecule has 1 aromatic heterocycles. The average Bonchev–Trinajstić information content (AvgIpc) is 2.77. The third kappa shape index (κ3) is 2.69. The first kappa shape index (κ1) is 12.2. The van der Waals surface area contributed by atoms with Crippen LogP contribution in [0.25, 0.3) is 0 Å². The number of nitrogens with one attached hydrogen (secondary N) is 2. The predicted octanol–water partition coefficient (Wildman–Crippen LogP) is 1.71. The molecule has 1 aromatic rings. The Morgan fingerprint density at radius 1 is 1.53 bits per heavy atom. The zero-order chi connectivity index (χ0) is 12.3. The van der Waals surface area contributed by atoms with Crippen molar-refractivity contribution >= 4 is 5.91 Å². The molecule has 2 heterocycles. The molecule has 1 amide bonds. The summed E-state index contributed by atoms with van der Waals surface area (Å²) in [5.74, 6) is 0.750. The first-order valence-corrected chi connectivity index (χ1v) is 6.24. The number of amides is 1. The van der Waals surface area contributed by atoms with Crippen molar-refractivity contribution in [1.82, 2.24) is 10.6 Å². The SMILES string of the molecule is CCc1occc1C(=O)NC1(C)CCNCC1. The molecule has 0 saturated carbocycles. The number of hydrogen-bond acceptors (Lipinski definition) is 3. The van der Waals surface area contributed by atoms with Crippen molar-refractivity contribution in [2.45, 2.75) is 38.6 Å². The second kappa shape index (κ2) is 4.92. The van der Waals surface area contributed by atoms with Crippen LogP contribution >= 0.6 is 0 Å². The summed E-state index contributed by atoms with van der Waals surface area (Å²) in [5, 5.41) is 6.43. The first-order valence-electron chi connectivity index (χ1n) is 6.24. The van der Waals surface area contributed by atoms with E-state index in [2.05, 4.69) is 17.6 Å². The molecule has 0 bridgehead atoms. The molecular weight excluding hydrogens is 216 g/mol. The van der Waals surface area contributed by atoms with Crippen molar-refractivity contribution in [3.63, 3.8) is 0 Å². The molecule has 0 unspecified atom stereocenters. The monoisotopic (exact) mass is 236 g/mol. The van der Waals surface area contributed by atoms with Crippen LogP contribution in [0.4, 0.5) is 0 Å². The van der Waals surface area contributed by atoms with Crippen molar-refractivity contribution in [2.75, 3.05) is 13.1 Å². The van der Waals surface area contributed by atoms with Gasteiger partial charge in [-0.3, -0.25) is 4.79 Å². The van der Waals surface area contributed by atoms with Crippen LogP contribution in [0.3, 0.4) is 0 Å². The fraction of sp³-hybridized carbons (Fsp3) is 0.615. The summed E-state index contributed by atoms with van der Waals surface area (Å²) in [6.07, 6.45) is 4.27. The number of carbonyl (C=O) groups is 1. The van der Waals surface area contributed by atoms with Gasteiger partial charge in [-0.15, -0.1) is 0 Å². The Hall–Kier alpha value is -1.29. The fourth-order valence-corrected chi connectivity index (χ4v) is 2.26. The van der Waals surface area contributed by atoms with Gasteiger partial charge in [-0.2, -0.15) is 0 Å². The van der Waals surface area contributed by atoms with Gasteiger partial charge in [0.2, 0.25) is 0 Å². The minimum absolute atomic E-state index is 0.0139. The highest BCUT2D eigenvalue weighted by Crippen LogP contribution is 2.19. The number of hydrogen-bond donors (Lipinski definition) is 2. The lowest BCUT2D eigenvalue weighted by Crippen LogP contribution is -2.52. The quantitative estimate of drug-likeness (QED) is 0.840. The summed E-state index contributed by atoms with van der Waals surface area (Å²) in [6, 6.07) is 1.75. The van der Waals surface area contributed by atoms with Gasteiger partial charge < -0.3 is 15.1 Å². The third-order valence-corrected chi connectivity index (χ3v) is 3.43. The highest BCUT2D eigenvalue weighted by molar-refractivity contribution is 5.95. The molecule has 1 aliphatic heterocycles. The molecule has 2 N–H and O–H groups in total. The zero-order valence-electron chi connectivity index (χ0n) is 10.5. The van der Waals surface area contributed by atoms with Crippen molar-refractivity contribution < 1.29 is 9.21 Å². The normalized spacial score (nSPS) is 18.9. The van der Waals surface area contributed by atoms with Crippen LogP contribution in [0.1, 0.15) is 42.8 Å². The van der Waals surface area contributed by atoms with Crippen LogP contribution in [-0.4, -0.2) is 24.5 Å². The molecule has 2 rings (SSSR count). The van der Waals surface area contributed by atoms with E-state index >= 15 is 0 Å². The van der Waals surface area contributed by atoms with Crippen LogP contribution < -0.4 is 10.6 Å². The number of rotatable bonds is 3. The van der Waals surface area contributed by atoms with Gasteiger partial charge in [-0.25, -0.2) is 0 Å². The Morgan fingerprint density at radius 3 is 2.88 bits per heavy atom. The standard InChI is InChI=1S/C13H20N2O2/c1-3-11-10(4-9-17-11)12(16)15-13(2)5-7-14-8-6-13/h4,9,14H,3,5-8H2,1-2H3,(H,15,16). The third-order valence-electron chi connectivity index (χ3n) is 3.43. The lowest BCUT2D eigenvalue weighted by Gasteiger charge is -2.34. The Kier molecular flexibility index (Phi) is 3.52. The minimum atomic E-state index is -0.0926. The number of aryl methyl sites for hydroxylation is 1. The van der Waals surface area contributed by atoms with Gasteiger partial charge >= 0.3 is 0 Å². The average molecular weight is 236 g/mol. The summed E-state index contributed by atoms with van der Waals surface area (Å²) in [5.41, 5.74) is 0.581. The molecule has 0 atom stereocenters. The van der Waals surface area contributed by atoms with E-state index in [1.54, 1.807) is 12.3 Å². The lowest BCUT2D eigenvalue weighted by molar-refractivity contribution is 0.0885. The Labute approximate surface area is 102 Å². The number of carbonyl (C=O) groups excluding carboxylic acids is 1. The van der Waals surface area contributed by atoms with Crippen molar-refractivity contribution in [2.24, 2.45) is 0 Å². The molecule has 94 valence electrons. The van der Waals surface area contributed by atoms with Crippen molar-refractivity contribution in [3.05, 3.63) is 23.7 Å². The Balaban J connectivity index is 2.06. The van der Waals surface area contributed by atoms with E-state index in [0.29, 0.717) is 5.56 Å². The predicted molar refractivity (Wildman–Crippen MR) is 66.1 cm³/mol. The molecule has 17 heavy (non-hydrogen) atoms. The maximum atomic E-state index is 12.2. The van der Waals surface area contributed by atoms with Crippen LogP contribution in [-0.2, 0) is 6.42 Å². The van der Waals surface area contributed by atoms with Gasteiger partial charge in [0.05, 0.1) is 11.8 Å². The minimum Gasteiger partial charge on any atom is -0.469 e. The zero-order valence-corrected chi connectivity index (χ0v) is 10.5. The summed E-state index contributed by atoms with van der Waals surface area (Å²) >= 11 is 0. The van der Waals surface area contributed by atoms with E-state index < -0.39 is 0 Å². The van der Waals surface area contributed by atoms with E-state index in [1.807, 2.05) is 6.92 Å². The highest BCUT2D eigenvalue weighted by Gasteiger charge is 2.29. The molecule has 0 aliphatic carbocycles. The van der Waals surface area contributed by atoms with Crippen molar-refractivity contribution in [3.8, 4) is 0 Å². The highest BCUT2D eigenvalue weighted by atomic mass is 16.3. The Morgan fingerprint density at radius 2 is 2.24 bits per heavy atom. The maximum absolute atomic E-state index is 12.2. The summed E-state index contributed by atoms with van der Waals surface area (Å²) in [4.78, 5) is 12.2. The molecular formula is C13H20N2O2. The lowest BCUT2D eigenvalue weighted by atomic mass is 9.90.